The number of rotatable bonds is 3. The van der Waals surface area contributed by atoms with Crippen molar-refractivity contribution in [1.82, 2.24) is 4.90 Å². The number of benzene rings is 2. The Bertz CT molecular complexity index is 718. The van der Waals surface area contributed by atoms with Gasteiger partial charge in [-0.3, -0.25) is 4.90 Å². The molecule has 1 heterocycles. The highest BCUT2D eigenvalue weighted by Crippen LogP contribution is 2.24. The molecule has 0 atom stereocenters. The van der Waals surface area contributed by atoms with E-state index in [4.69, 9.17) is 0 Å². The molecule has 26 heavy (non-hydrogen) atoms. The van der Waals surface area contributed by atoms with Crippen LogP contribution in [0.1, 0.15) is 31.9 Å². The quantitative estimate of drug-likeness (QED) is 0.738. The van der Waals surface area contributed by atoms with Gasteiger partial charge < -0.3 is 4.90 Å². The molecule has 0 spiro atoms. The molecule has 142 valence electrons. The van der Waals surface area contributed by atoms with E-state index in [9.17, 15) is 8.78 Å². The normalized spacial score (nSPS) is 15.7. The van der Waals surface area contributed by atoms with Crippen LogP contribution in [0, 0.1) is 11.6 Å². The van der Waals surface area contributed by atoms with E-state index in [0.717, 1.165) is 38.8 Å². The molecule has 0 radical (unpaired) electrons. The predicted octanol–water partition coefficient (Wildman–Crippen LogP) is 5.01. The van der Waals surface area contributed by atoms with Crippen LogP contribution < -0.4 is 4.90 Å². The zero-order chi connectivity index (χ0) is 18.0. The fourth-order valence-corrected chi connectivity index (χ4v) is 3.25. The van der Waals surface area contributed by atoms with Crippen molar-refractivity contribution >= 4 is 18.1 Å². The average Bonchev–Trinajstić information content (AvgIpc) is 2.56. The van der Waals surface area contributed by atoms with Crippen molar-refractivity contribution in [1.29, 1.82) is 0 Å². The third-order valence-corrected chi connectivity index (χ3v) is 4.85. The van der Waals surface area contributed by atoms with Crippen molar-refractivity contribution in [2.24, 2.45) is 0 Å². The van der Waals surface area contributed by atoms with Gasteiger partial charge >= 0.3 is 0 Å². The van der Waals surface area contributed by atoms with Gasteiger partial charge in [-0.2, -0.15) is 0 Å². The zero-order valence-electron chi connectivity index (χ0n) is 15.6. The summed E-state index contributed by atoms with van der Waals surface area (Å²) in [5, 5.41) is 0. The maximum absolute atomic E-state index is 13.9. The summed E-state index contributed by atoms with van der Waals surface area (Å²) in [6, 6.07) is 12.6. The van der Waals surface area contributed by atoms with Crippen molar-refractivity contribution < 1.29 is 8.78 Å². The maximum Gasteiger partial charge on any atom is 0.149 e. The van der Waals surface area contributed by atoms with E-state index in [1.807, 2.05) is 4.90 Å². The topological polar surface area (TPSA) is 6.48 Å². The molecule has 0 amide bonds. The summed E-state index contributed by atoms with van der Waals surface area (Å²) >= 11 is 0. The third kappa shape index (κ3) is 4.95. The fraction of sp³-hybridized carbons (Fsp3) is 0.429. The summed E-state index contributed by atoms with van der Waals surface area (Å²) in [5.41, 5.74) is 3.31. The second kappa shape index (κ2) is 8.36. The fourth-order valence-electron chi connectivity index (χ4n) is 3.25. The summed E-state index contributed by atoms with van der Waals surface area (Å²) in [6.45, 7) is 10.8. The third-order valence-electron chi connectivity index (χ3n) is 4.85. The van der Waals surface area contributed by atoms with Crippen molar-refractivity contribution in [3.05, 3.63) is 65.2 Å². The molecular formula is C21H27ClF2N2. The molecule has 0 bridgehead atoms. The lowest BCUT2D eigenvalue weighted by molar-refractivity contribution is 0.249. The van der Waals surface area contributed by atoms with E-state index in [-0.39, 0.29) is 17.8 Å². The number of piperazine rings is 1. The van der Waals surface area contributed by atoms with Gasteiger partial charge in [-0.25, -0.2) is 8.78 Å². The van der Waals surface area contributed by atoms with Crippen LogP contribution in [0.25, 0.3) is 0 Å². The Labute approximate surface area is 161 Å². The molecule has 2 nitrogen and oxygen atoms in total. The highest BCUT2D eigenvalue weighted by molar-refractivity contribution is 5.85. The summed E-state index contributed by atoms with van der Waals surface area (Å²) < 4.78 is 27.0. The monoisotopic (exact) mass is 380 g/mol. The van der Waals surface area contributed by atoms with Gasteiger partial charge in [0.05, 0.1) is 5.69 Å². The highest BCUT2D eigenvalue weighted by Gasteiger charge is 2.20. The van der Waals surface area contributed by atoms with Crippen molar-refractivity contribution in [2.45, 2.75) is 32.7 Å². The van der Waals surface area contributed by atoms with Gasteiger partial charge in [0.2, 0.25) is 0 Å². The standard InChI is InChI=1S/C21H26F2N2.ClH/c1-21(2,3)17-6-4-16(5-7-17)15-24-10-12-25(13-11-24)20-9-8-18(22)14-19(20)23;/h4-9,14H,10-13,15H2,1-3H3;1H. The van der Waals surface area contributed by atoms with Gasteiger partial charge in [-0.1, -0.05) is 45.0 Å². The number of nitrogens with zero attached hydrogens (tertiary/aromatic N) is 2. The van der Waals surface area contributed by atoms with E-state index >= 15 is 0 Å². The van der Waals surface area contributed by atoms with Crippen LogP contribution in [-0.2, 0) is 12.0 Å². The Hall–Kier alpha value is -1.65. The first-order valence-electron chi connectivity index (χ1n) is 8.85. The molecule has 3 rings (SSSR count). The van der Waals surface area contributed by atoms with Gasteiger partial charge in [0.25, 0.3) is 0 Å². The number of hydrogen-bond acceptors (Lipinski definition) is 2. The van der Waals surface area contributed by atoms with Crippen LogP contribution in [0.15, 0.2) is 42.5 Å². The summed E-state index contributed by atoms with van der Waals surface area (Å²) in [7, 11) is 0. The maximum atomic E-state index is 13.9. The Morgan fingerprint density at radius 1 is 0.885 bits per heavy atom. The largest absolute Gasteiger partial charge is 0.367 e. The van der Waals surface area contributed by atoms with Gasteiger partial charge in [0.1, 0.15) is 11.6 Å². The number of anilines is 1. The molecule has 0 aliphatic carbocycles. The predicted molar refractivity (Wildman–Crippen MR) is 106 cm³/mol. The summed E-state index contributed by atoms with van der Waals surface area (Å²) in [6.07, 6.45) is 0. The van der Waals surface area contributed by atoms with Crippen LogP contribution in [0.3, 0.4) is 0 Å². The van der Waals surface area contributed by atoms with Crippen molar-refractivity contribution in [3.63, 3.8) is 0 Å². The Morgan fingerprint density at radius 3 is 2.04 bits per heavy atom. The molecular weight excluding hydrogens is 354 g/mol. The molecule has 2 aromatic carbocycles. The number of halogens is 3. The van der Waals surface area contributed by atoms with E-state index in [1.54, 1.807) is 0 Å². The summed E-state index contributed by atoms with van der Waals surface area (Å²) in [4.78, 5) is 4.37. The van der Waals surface area contributed by atoms with Crippen LogP contribution in [0.4, 0.5) is 14.5 Å². The van der Waals surface area contributed by atoms with Gasteiger partial charge in [-0.05, 0) is 28.7 Å². The number of hydrogen-bond donors (Lipinski definition) is 0. The molecule has 5 heteroatoms. The Balaban J connectivity index is 0.00000243. The highest BCUT2D eigenvalue weighted by atomic mass is 35.5. The molecule has 1 aliphatic heterocycles. The lowest BCUT2D eigenvalue weighted by atomic mass is 9.87. The van der Waals surface area contributed by atoms with E-state index < -0.39 is 11.6 Å². The Kier molecular flexibility index (Phi) is 6.64. The molecule has 1 aliphatic rings. The molecule has 1 saturated heterocycles. The zero-order valence-corrected chi connectivity index (χ0v) is 16.5. The van der Waals surface area contributed by atoms with Gasteiger partial charge in [0, 0.05) is 38.8 Å². The Morgan fingerprint density at radius 2 is 1.50 bits per heavy atom. The minimum Gasteiger partial charge on any atom is -0.367 e. The molecule has 0 saturated carbocycles. The van der Waals surface area contributed by atoms with Crippen LogP contribution in [0.5, 0.6) is 0 Å². The lowest BCUT2D eigenvalue weighted by Crippen LogP contribution is -2.46. The molecule has 1 fully saturated rings. The smallest absolute Gasteiger partial charge is 0.149 e. The lowest BCUT2D eigenvalue weighted by Gasteiger charge is -2.36. The van der Waals surface area contributed by atoms with Crippen LogP contribution in [0.2, 0.25) is 0 Å². The molecule has 2 aromatic rings. The first-order valence-corrected chi connectivity index (χ1v) is 8.85. The second-order valence-electron chi connectivity index (χ2n) is 7.81. The van der Waals surface area contributed by atoms with Gasteiger partial charge in [-0.15, -0.1) is 12.4 Å². The summed E-state index contributed by atoms with van der Waals surface area (Å²) in [5.74, 6) is -1.01. The van der Waals surface area contributed by atoms with E-state index in [2.05, 4.69) is 49.9 Å². The van der Waals surface area contributed by atoms with E-state index in [0.29, 0.717) is 5.69 Å². The first kappa shape index (κ1) is 20.7. The molecule has 0 unspecified atom stereocenters. The molecule has 0 N–H and O–H groups in total. The average molecular weight is 381 g/mol. The minimum atomic E-state index is -0.529. The van der Waals surface area contributed by atoms with Crippen LogP contribution in [-0.4, -0.2) is 31.1 Å². The SMILES string of the molecule is CC(C)(C)c1ccc(CN2CCN(c3ccc(F)cc3F)CC2)cc1.Cl. The van der Waals surface area contributed by atoms with Crippen molar-refractivity contribution in [2.75, 3.05) is 31.1 Å². The molecule has 0 aromatic heterocycles. The van der Waals surface area contributed by atoms with Gasteiger partial charge in [0.15, 0.2) is 0 Å². The van der Waals surface area contributed by atoms with E-state index in [1.165, 1.54) is 23.3 Å². The second-order valence-corrected chi connectivity index (χ2v) is 7.81. The first-order chi connectivity index (χ1) is 11.8. The van der Waals surface area contributed by atoms with Crippen molar-refractivity contribution in [3.8, 4) is 0 Å². The van der Waals surface area contributed by atoms with Crippen LogP contribution >= 0.6 is 12.4 Å². The minimum absolute atomic E-state index is 0.